The van der Waals surface area contributed by atoms with E-state index in [1.807, 2.05) is 23.5 Å². The average molecular weight is 342 g/mol. The summed E-state index contributed by atoms with van der Waals surface area (Å²) in [7, 11) is 0. The highest BCUT2D eigenvalue weighted by Gasteiger charge is 2.27. The van der Waals surface area contributed by atoms with Crippen LogP contribution in [-0.4, -0.2) is 39.9 Å². The molecule has 2 aromatic heterocycles. The number of aromatic nitrogens is 2. The van der Waals surface area contributed by atoms with Crippen molar-refractivity contribution in [3.05, 3.63) is 46.2 Å². The maximum Gasteiger partial charge on any atom is 0.270 e. The zero-order valence-electron chi connectivity index (χ0n) is 13.6. The Balaban J connectivity index is 1.25. The molecule has 0 aromatic carbocycles. The third-order valence-electron chi connectivity index (χ3n) is 4.70. The van der Waals surface area contributed by atoms with Crippen molar-refractivity contribution in [1.29, 1.82) is 0 Å². The Labute approximate surface area is 146 Å². The van der Waals surface area contributed by atoms with Crippen LogP contribution in [0.5, 0.6) is 0 Å². The first-order valence-corrected chi connectivity index (χ1v) is 9.54. The van der Waals surface area contributed by atoms with E-state index in [0.717, 1.165) is 38.4 Å². The van der Waals surface area contributed by atoms with Crippen molar-refractivity contribution in [2.24, 2.45) is 0 Å². The van der Waals surface area contributed by atoms with E-state index in [4.69, 9.17) is 4.98 Å². The highest BCUT2D eigenvalue weighted by molar-refractivity contribution is 7.09. The second-order valence-corrected chi connectivity index (χ2v) is 7.58. The third-order valence-corrected chi connectivity index (χ3v) is 5.76. The number of nitrogens with zero attached hydrogens (tertiary/aromatic N) is 3. The van der Waals surface area contributed by atoms with E-state index in [1.54, 1.807) is 12.3 Å². The molecule has 0 spiro atoms. The maximum atomic E-state index is 12.2. The molecular weight excluding hydrogens is 320 g/mol. The summed E-state index contributed by atoms with van der Waals surface area (Å²) in [5.41, 5.74) is 1.70. The lowest BCUT2D eigenvalue weighted by molar-refractivity contribution is 0.0903. The first-order valence-electron chi connectivity index (χ1n) is 8.66. The number of piperidine rings is 1. The SMILES string of the molecule is O=C(NC1CCN(Cc2csc(C3CC3)n2)CC1)c1ccccn1. The number of amides is 1. The topological polar surface area (TPSA) is 58.1 Å². The van der Waals surface area contributed by atoms with E-state index in [9.17, 15) is 4.79 Å². The summed E-state index contributed by atoms with van der Waals surface area (Å²) in [6.45, 7) is 2.94. The van der Waals surface area contributed by atoms with Crippen molar-refractivity contribution in [1.82, 2.24) is 20.2 Å². The van der Waals surface area contributed by atoms with Crippen LogP contribution in [0.15, 0.2) is 29.8 Å². The van der Waals surface area contributed by atoms with Gasteiger partial charge < -0.3 is 5.32 Å². The van der Waals surface area contributed by atoms with E-state index in [2.05, 4.69) is 20.6 Å². The molecule has 5 nitrogen and oxygen atoms in total. The monoisotopic (exact) mass is 342 g/mol. The lowest BCUT2D eigenvalue weighted by atomic mass is 10.0. The quantitative estimate of drug-likeness (QED) is 0.908. The molecule has 0 radical (unpaired) electrons. The fourth-order valence-corrected chi connectivity index (χ4v) is 4.12. The Kier molecular flexibility index (Phi) is 4.58. The zero-order valence-corrected chi connectivity index (χ0v) is 14.5. The fraction of sp³-hybridized carbons (Fsp3) is 0.500. The second kappa shape index (κ2) is 6.99. The summed E-state index contributed by atoms with van der Waals surface area (Å²) in [6, 6.07) is 5.66. The van der Waals surface area contributed by atoms with Gasteiger partial charge in [0, 0.05) is 43.2 Å². The number of nitrogens with one attached hydrogen (secondary N) is 1. The molecule has 1 aliphatic carbocycles. The van der Waals surface area contributed by atoms with Crippen LogP contribution in [0.1, 0.15) is 52.8 Å². The van der Waals surface area contributed by atoms with Crippen molar-refractivity contribution in [3.63, 3.8) is 0 Å². The van der Waals surface area contributed by atoms with Gasteiger partial charge in [0.2, 0.25) is 0 Å². The van der Waals surface area contributed by atoms with Crippen molar-refractivity contribution >= 4 is 17.2 Å². The molecule has 6 heteroatoms. The molecule has 1 N–H and O–H groups in total. The van der Waals surface area contributed by atoms with E-state index in [1.165, 1.54) is 23.5 Å². The van der Waals surface area contributed by atoms with Crippen molar-refractivity contribution in [3.8, 4) is 0 Å². The van der Waals surface area contributed by atoms with Gasteiger partial charge in [-0.3, -0.25) is 14.7 Å². The van der Waals surface area contributed by atoms with Crippen LogP contribution in [0, 0.1) is 0 Å². The van der Waals surface area contributed by atoms with Crippen molar-refractivity contribution in [2.75, 3.05) is 13.1 Å². The van der Waals surface area contributed by atoms with Gasteiger partial charge in [-0.2, -0.15) is 0 Å². The van der Waals surface area contributed by atoms with Crippen molar-refractivity contribution in [2.45, 2.75) is 44.2 Å². The van der Waals surface area contributed by atoms with Gasteiger partial charge in [-0.25, -0.2) is 4.98 Å². The summed E-state index contributed by atoms with van der Waals surface area (Å²) in [5, 5.41) is 6.64. The van der Waals surface area contributed by atoms with E-state index >= 15 is 0 Å². The highest BCUT2D eigenvalue weighted by Crippen LogP contribution is 2.41. The van der Waals surface area contributed by atoms with Crippen LogP contribution in [0.25, 0.3) is 0 Å². The van der Waals surface area contributed by atoms with Crippen LogP contribution in [-0.2, 0) is 6.54 Å². The molecule has 24 heavy (non-hydrogen) atoms. The molecule has 0 bridgehead atoms. The number of carbonyl (C=O) groups excluding carboxylic acids is 1. The predicted octanol–water partition coefficient (Wildman–Crippen LogP) is 2.81. The minimum atomic E-state index is -0.0670. The smallest absolute Gasteiger partial charge is 0.270 e. The minimum Gasteiger partial charge on any atom is -0.348 e. The van der Waals surface area contributed by atoms with Gasteiger partial charge in [0.15, 0.2) is 0 Å². The molecule has 3 heterocycles. The normalized spacial score (nSPS) is 19.3. The number of thiazole rings is 1. The van der Waals surface area contributed by atoms with Gasteiger partial charge in [-0.05, 0) is 37.8 Å². The van der Waals surface area contributed by atoms with E-state index in [0.29, 0.717) is 5.69 Å². The van der Waals surface area contributed by atoms with Gasteiger partial charge in [-0.15, -0.1) is 11.3 Å². The Hall–Kier alpha value is -1.79. The molecular formula is C18H22N4OS. The molecule has 0 atom stereocenters. The molecule has 2 aliphatic rings. The molecule has 2 fully saturated rings. The van der Waals surface area contributed by atoms with Crippen LogP contribution in [0.3, 0.4) is 0 Å². The molecule has 126 valence electrons. The summed E-state index contributed by atoms with van der Waals surface area (Å²) in [5.74, 6) is 0.680. The molecule has 2 aromatic rings. The largest absolute Gasteiger partial charge is 0.348 e. The van der Waals surface area contributed by atoms with E-state index in [-0.39, 0.29) is 11.9 Å². The summed E-state index contributed by atoms with van der Waals surface area (Å²) < 4.78 is 0. The van der Waals surface area contributed by atoms with Crippen LogP contribution >= 0.6 is 11.3 Å². The molecule has 1 saturated heterocycles. The van der Waals surface area contributed by atoms with Gasteiger partial charge in [-0.1, -0.05) is 6.07 Å². The number of carbonyl (C=O) groups is 1. The summed E-state index contributed by atoms with van der Waals surface area (Å²) in [4.78, 5) is 23.5. The maximum absolute atomic E-state index is 12.2. The van der Waals surface area contributed by atoms with Crippen LogP contribution in [0.4, 0.5) is 0 Å². The van der Waals surface area contributed by atoms with Crippen LogP contribution < -0.4 is 5.32 Å². The third kappa shape index (κ3) is 3.82. The first kappa shape index (κ1) is 15.7. The summed E-state index contributed by atoms with van der Waals surface area (Å²) >= 11 is 1.81. The molecule has 4 rings (SSSR count). The second-order valence-electron chi connectivity index (χ2n) is 6.69. The lowest BCUT2D eigenvalue weighted by Gasteiger charge is -2.31. The summed E-state index contributed by atoms with van der Waals surface area (Å²) in [6.07, 6.45) is 6.25. The average Bonchev–Trinajstić information content (AvgIpc) is 3.37. The zero-order chi connectivity index (χ0) is 16.4. The first-order chi connectivity index (χ1) is 11.8. The number of hydrogen-bond acceptors (Lipinski definition) is 5. The van der Waals surface area contributed by atoms with Crippen LogP contribution in [0.2, 0.25) is 0 Å². The Morgan fingerprint density at radius 2 is 2.08 bits per heavy atom. The van der Waals surface area contributed by atoms with Gasteiger partial charge >= 0.3 is 0 Å². The Morgan fingerprint density at radius 3 is 2.79 bits per heavy atom. The van der Waals surface area contributed by atoms with E-state index < -0.39 is 0 Å². The predicted molar refractivity (Wildman–Crippen MR) is 94.1 cm³/mol. The molecule has 1 aliphatic heterocycles. The molecule has 1 amide bonds. The standard InChI is InChI=1S/C18H22N4OS/c23-17(16-3-1-2-8-19-16)20-14-6-9-22(10-7-14)11-15-12-24-18(21-15)13-4-5-13/h1-3,8,12-14H,4-7,9-11H2,(H,20,23). The van der Waals surface area contributed by atoms with Gasteiger partial charge in [0.1, 0.15) is 5.69 Å². The van der Waals surface area contributed by atoms with Gasteiger partial charge in [0.05, 0.1) is 10.7 Å². The van der Waals surface area contributed by atoms with Crippen molar-refractivity contribution < 1.29 is 4.79 Å². The fourth-order valence-electron chi connectivity index (χ4n) is 3.13. The molecule has 0 unspecified atom stereocenters. The number of pyridine rings is 1. The number of hydrogen-bond donors (Lipinski definition) is 1. The number of rotatable bonds is 5. The Morgan fingerprint density at radius 1 is 1.25 bits per heavy atom. The minimum absolute atomic E-state index is 0.0670. The highest BCUT2D eigenvalue weighted by atomic mass is 32.1. The molecule has 1 saturated carbocycles. The number of likely N-dealkylation sites (tertiary alicyclic amines) is 1. The van der Waals surface area contributed by atoms with Gasteiger partial charge in [0.25, 0.3) is 5.91 Å². The lowest BCUT2D eigenvalue weighted by Crippen LogP contribution is -2.44. The Bertz CT molecular complexity index is 690.